The van der Waals surface area contributed by atoms with Crippen LogP contribution in [-0.2, 0) is 14.6 Å². The van der Waals surface area contributed by atoms with Gasteiger partial charge in [0.15, 0.2) is 9.84 Å². The molecule has 0 radical (unpaired) electrons. The summed E-state index contributed by atoms with van der Waals surface area (Å²) in [6.45, 7) is 3.62. The van der Waals surface area contributed by atoms with Gasteiger partial charge in [0.2, 0.25) is 0 Å². The molecule has 0 bridgehead atoms. The Morgan fingerprint density at radius 1 is 1.42 bits per heavy atom. The van der Waals surface area contributed by atoms with Crippen molar-refractivity contribution in [2.24, 2.45) is 5.73 Å². The van der Waals surface area contributed by atoms with E-state index in [4.69, 9.17) is 5.73 Å². The Labute approximate surface area is 74.0 Å². The Balaban J connectivity index is 4.06. The van der Waals surface area contributed by atoms with Gasteiger partial charge in [-0.3, -0.25) is 0 Å². The molecule has 5 heteroatoms. The average Bonchev–Trinajstić information content (AvgIpc) is 1.78. The van der Waals surface area contributed by atoms with E-state index in [0.29, 0.717) is 0 Å². The number of hydrogen-bond donors (Lipinski definition) is 1. The molecule has 0 unspecified atom stereocenters. The van der Waals surface area contributed by atoms with Gasteiger partial charge in [-0.15, -0.1) is 0 Å². The summed E-state index contributed by atoms with van der Waals surface area (Å²) in [6, 6.07) is 0. The highest BCUT2D eigenvalue weighted by Gasteiger charge is 2.21. The van der Waals surface area contributed by atoms with E-state index in [2.05, 4.69) is 4.74 Å². The summed E-state index contributed by atoms with van der Waals surface area (Å²) < 4.78 is 27.2. The summed E-state index contributed by atoms with van der Waals surface area (Å²) >= 11 is 0. The Bertz CT molecular complexity index is 215. The van der Waals surface area contributed by atoms with E-state index in [9.17, 15) is 8.42 Å². The topological polar surface area (TPSA) is 69.4 Å². The Morgan fingerprint density at radius 3 is 2.25 bits per heavy atom. The molecule has 0 spiro atoms. The fourth-order valence-electron chi connectivity index (χ4n) is 0.849. The summed E-state index contributed by atoms with van der Waals surface area (Å²) in [4.78, 5) is 0. The van der Waals surface area contributed by atoms with Crippen LogP contribution in [0.1, 0.15) is 13.8 Å². The number of methoxy groups -OCH3 is 1. The van der Waals surface area contributed by atoms with Crippen molar-refractivity contribution in [1.82, 2.24) is 0 Å². The largest absolute Gasteiger partial charge is 0.384 e. The van der Waals surface area contributed by atoms with Gasteiger partial charge in [-0.05, 0) is 13.8 Å². The first kappa shape index (κ1) is 11.9. The molecule has 0 amide bonds. The minimum atomic E-state index is -3.05. The number of sulfone groups is 1. The molecule has 2 N–H and O–H groups in total. The third kappa shape index (κ3) is 6.57. The number of rotatable bonds is 5. The molecule has 0 atom stereocenters. The zero-order chi connectivity index (χ0) is 9.83. The van der Waals surface area contributed by atoms with Crippen LogP contribution in [0.3, 0.4) is 0 Å². The fourth-order valence-corrected chi connectivity index (χ4v) is 2.55. The van der Waals surface area contributed by atoms with Gasteiger partial charge in [-0.25, -0.2) is 8.42 Å². The highest BCUT2D eigenvalue weighted by atomic mass is 32.2. The zero-order valence-corrected chi connectivity index (χ0v) is 8.65. The Morgan fingerprint density at radius 2 is 1.92 bits per heavy atom. The smallest absolute Gasteiger partial charge is 0.154 e. The van der Waals surface area contributed by atoms with Crippen molar-refractivity contribution in [2.45, 2.75) is 19.4 Å². The van der Waals surface area contributed by atoms with Crippen molar-refractivity contribution in [3.8, 4) is 0 Å². The maximum absolute atomic E-state index is 11.2. The number of hydrogen-bond acceptors (Lipinski definition) is 4. The van der Waals surface area contributed by atoms with E-state index < -0.39 is 15.4 Å². The van der Waals surface area contributed by atoms with E-state index in [1.165, 1.54) is 7.11 Å². The van der Waals surface area contributed by atoms with Crippen LogP contribution in [0.2, 0.25) is 0 Å². The molecular formula is C7H17NO3S. The van der Waals surface area contributed by atoms with Crippen LogP contribution in [0.5, 0.6) is 0 Å². The fraction of sp³-hybridized carbons (Fsp3) is 1.00. The third-order valence-corrected chi connectivity index (χ3v) is 3.16. The third-order valence-electron chi connectivity index (χ3n) is 1.19. The molecule has 0 heterocycles. The first-order valence-corrected chi connectivity index (χ1v) is 5.57. The molecule has 4 nitrogen and oxygen atoms in total. The molecule has 0 aliphatic heterocycles. The molecule has 74 valence electrons. The summed E-state index contributed by atoms with van der Waals surface area (Å²) in [7, 11) is -1.58. The Hall–Kier alpha value is -0.130. The second-order valence-electron chi connectivity index (χ2n) is 3.57. The first-order valence-electron chi connectivity index (χ1n) is 3.75. The Kier molecular flexibility index (Phi) is 4.16. The van der Waals surface area contributed by atoms with Gasteiger partial charge >= 0.3 is 0 Å². The lowest BCUT2D eigenvalue weighted by Gasteiger charge is -2.17. The normalized spacial score (nSPS) is 13.3. The van der Waals surface area contributed by atoms with Crippen LogP contribution in [0.4, 0.5) is 0 Å². The highest BCUT2D eigenvalue weighted by Crippen LogP contribution is 2.03. The van der Waals surface area contributed by atoms with Gasteiger partial charge in [-0.2, -0.15) is 0 Å². The predicted molar refractivity (Wildman–Crippen MR) is 48.8 cm³/mol. The van der Waals surface area contributed by atoms with Gasteiger partial charge in [0.1, 0.15) is 0 Å². The maximum Gasteiger partial charge on any atom is 0.154 e. The molecule has 0 aromatic rings. The lowest BCUT2D eigenvalue weighted by molar-refractivity contribution is 0.217. The van der Waals surface area contributed by atoms with E-state index in [1.54, 1.807) is 13.8 Å². The van der Waals surface area contributed by atoms with Crippen LogP contribution >= 0.6 is 0 Å². The first-order chi connectivity index (χ1) is 5.27. The van der Waals surface area contributed by atoms with Crippen molar-refractivity contribution < 1.29 is 13.2 Å². The summed E-state index contributed by atoms with van der Waals surface area (Å²) in [5.41, 5.74) is 4.91. The molecule has 0 saturated carbocycles. The van der Waals surface area contributed by atoms with Crippen LogP contribution in [-0.4, -0.2) is 39.2 Å². The second kappa shape index (κ2) is 4.20. The monoisotopic (exact) mass is 195 g/mol. The van der Waals surface area contributed by atoms with Crippen LogP contribution < -0.4 is 5.73 Å². The van der Waals surface area contributed by atoms with Gasteiger partial charge in [-0.1, -0.05) is 0 Å². The minimum Gasteiger partial charge on any atom is -0.384 e. The molecule has 0 aliphatic carbocycles. The number of ether oxygens (including phenoxy) is 1. The van der Waals surface area contributed by atoms with E-state index in [0.717, 1.165) is 0 Å². The minimum absolute atomic E-state index is 0.00333. The van der Waals surface area contributed by atoms with Crippen molar-refractivity contribution in [3.63, 3.8) is 0 Å². The average molecular weight is 195 g/mol. The van der Waals surface area contributed by atoms with Crippen molar-refractivity contribution in [1.29, 1.82) is 0 Å². The molecule has 0 aromatic carbocycles. The molecular weight excluding hydrogens is 178 g/mol. The van der Waals surface area contributed by atoms with Gasteiger partial charge in [0.05, 0.1) is 18.1 Å². The van der Waals surface area contributed by atoms with Crippen molar-refractivity contribution in [2.75, 3.05) is 25.2 Å². The molecule has 0 aliphatic rings. The molecule has 0 saturated heterocycles. The van der Waals surface area contributed by atoms with E-state index >= 15 is 0 Å². The van der Waals surface area contributed by atoms with Crippen molar-refractivity contribution in [3.05, 3.63) is 0 Å². The van der Waals surface area contributed by atoms with Crippen LogP contribution in [0.25, 0.3) is 0 Å². The van der Waals surface area contributed by atoms with E-state index in [1.807, 2.05) is 0 Å². The molecule has 0 aromatic heterocycles. The highest BCUT2D eigenvalue weighted by molar-refractivity contribution is 7.91. The summed E-state index contributed by atoms with van der Waals surface area (Å²) in [6.07, 6.45) is 0. The second-order valence-corrected chi connectivity index (χ2v) is 5.76. The quantitative estimate of drug-likeness (QED) is 0.658. The number of nitrogens with two attached hydrogens (primary N) is 1. The van der Waals surface area contributed by atoms with Crippen LogP contribution in [0, 0.1) is 0 Å². The maximum atomic E-state index is 11.2. The van der Waals surface area contributed by atoms with Gasteiger partial charge in [0.25, 0.3) is 0 Å². The summed E-state index contributed by atoms with van der Waals surface area (Å²) in [5, 5.41) is 0. The van der Waals surface area contributed by atoms with E-state index in [-0.39, 0.29) is 18.1 Å². The molecule has 0 rings (SSSR count). The lowest BCUT2D eigenvalue weighted by Crippen LogP contribution is -2.41. The SMILES string of the molecule is COCCS(=O)(=O)CC(C)(C)N. The zero-order valence-electron chi connectivity index (χ0n) is 7.83. The van der Waals surface area contributed by atoms with Gasteiger partial charge in [0, 0.05) is 12.6 Å². The lowest BCUT2D eigenvalue weighted by atomic mass is 10.1. The molecule has 12 heavy (non-hydrogen) atoms. The van der Waals surface area contributed by atoms with Crippen LogP contribution in [0.15, 0.2) is 0 Å². The standard InChI is InChI=1S/C7H17NO3S/c1-7(2,8)6-12(9,10)5-4-11-3/h4-6,8H2,1-3H3. The molecule has 0 fully saturated rings. The van der Waals surface area contributed by atoms with Crippen molar-refractivity contribution >= 4 is 9.84 Å². The summed E-state index contributed by atoms with van der Waals surface area (Å²) in [5.74, 6) is 0.0491. The predicted octanol–water partition coefficient (Wildman–Crippen LogP) is -0.215. The van der Waals surface area contributed by atoms with Gasteiger partial charge < -0.3 is 10.5 Å².